The van der Waals surface area contributed by atoms with E-state index in [0.717, 1.165) is 18.4 Å². The van der Waals surface area contributed by atoms with Gasteiger partial charge in [0.1, 0.15) is 5.75 Å². The highest BCUT2D eigenvalue weighted by atomic mass is 16.3. The van der Waals surface area contributed by atoms with Gasteiger partial charge in [0.05, 0.1) is 0 Å². The van der Waals surface area contributed by atoms with Crippen LogP contribution in [0.2, 0.25) is 0 Å². The molecule has 2 unspecified atom stereocenters. The van der Waals surface area contributed by atoms with Gasteiger partial charge in [0.2, 0.25) is 5.91 Å². The predicted molar refractivity (Wildman–Crippen MR) is 78.0 cm³/mol. The lowest BCUT2D eigenvalue weighted by Gasteiger charge is -2.41. The third kappa shape index (κ3) is 2.73. The molecule has 2 amide bonds. The van der Waals surface area contributed by atoms with E-state index in [1.165, 1.54) is 6.07 Å². The van der Waals surface area contributed by atoms with Crippen molar-refractivity contribution in [2.24, 2.45) is 5.92 Å². The zero-order chi connectivity index (χ0) is 15.0. The Morgan fingerprint density at radius 3 is 2.95 bits per heavy atom. The number of hydrogen-bond acceptors (Lipinski definition) is 3. The Hall–Kier alpha value is -2.04. The standard InChI is InChI=1S/C16H20N2O3/c1-10-2-3-11(8-14(10)19)16(21)18-7-6-13-12(9-18)4-5-15(20)17-13/h2-3,8,12-13,19H,4-7,9H2,1H3,(H,17,20). The van der Waals surface area contributed by atoms with Crippen LogP contribution >= 0.6 is 0 Å². The molecule has 2 aliphatic heterocycles. The lowest BCUT2D eigenvalue weighted by atomic mass is 9.85. The molecule has 0 radical (unpaired) electrons. The quantitative estimate of drug-likeness (QED) is 0.821. The second-order valence-corrected chi connectivity index (χ2v) is 6.01. The van der Waals surface area contributed by atoms with Gasteiger partial charge in [-0.25, -0.2) is 0 Å². The van der Waals surface area contributed by atoms with Crippen molar-refractivity contribution in [3.8, 4) is 5.75 Å². The molecule has 21 heavy (non-hydrogen) atoms. The monoisotopic (exact) mass is 288 g/mol. The molecule has 2 aliphatic rings. The first-order chi connectivity index (χ1) is 10.0. The lowest BCUT2D eigenvalue weighted by molar-refractivity contribution is -0.125. The summed E-state index contributed by atoms with van der Waals surface area (Å²) in [6.45, 7) is 3.13. The lowest BCUT2D eigenvalue weighted by Crippen LogP contribution is -2.55. The highest BCUT2D eigenvalue weighted by Gasteiger charge is 2.35. The summed E-state index contributed by atoms with van der Waals surface area (Å²) < 4.78 is 0. The molecule has 0 bridgehead atoms. The number of nitrogens with zero attached hydrogens (tertiary/aromatic N) is 1. The van der Waals surface area contributed by atoms with Gasteiger partial charge in [-0.2, -0.15) is 0 Å². The molecule has 0 saturated carbocycles. The fourth-order valence-electron chi connectivity index (χ4n) is 3.22. The molecule has 5 heteroatoms. The molecule has 1 aromatic rings. The van der Waals surface area contributed by atoms with Gasteiger partial charge in [0.15, 0.2) is 0 Å². The van der Waals surface area contributed by atoms with Crippen LogP contribution in [0.5, 0.6) is 5.75 Å². The summed E-state index contributed by atoms with van der Waals surface area (Å²) in [4.78, 5) is 25.8. The Balaban J connectivity index is 1.71. The Morgan fingerprint density at radius 2 is 2.19 bits per heavy atom. The minimum atomic E-state index is -0.0411. The fourth-order valence-corrected chi connectivity index (χ4v) is 3.22. The zero-order valence-electron chi connectivity index (χ0n) is 12.1. The summed E-state index contributed by atoms with van der Waals surface area (Å²) >= 11 is 0. The van der Waals surface area contributed by atoms with Crippen LogP contribution in [0.3, 0.4) is 0 Å². The zero-order valence-corrected chi connectivity index (χ0v) is 12.1. The van der Waals surface area contributed by atoms with Gasteiger partial charge in [-0.05, 0) is 43.4 Å². The van der Waals surface area contributed by atoms with E-state index in [2.05, 4.69) is 5.32 Å². The molecular formula is C16H20N2O3. The van der Waals surface area contributed by atoms with Gasteiger partial charge in [-0.15, -0.1) is 0 Å². The number of aryl methyl sites for hydroxylation is 1. The van der Waals surface area contributed by atoms with E-state index in [4.69, 9.17) is 0 Å². The Morgan fingerprint density at radius 1 is 1.38 bits per heavy atom. The number of benzene rings is 1. The molecule has 5 nitrogen and oxygen atoms in total. The number of nitrogens with one attached hydrogen (secondary N) is 1. The Kier molecular flexibility index (Phi) is 3.57. The summed E-state index contributed by atoms with van der Waals surface area (Å²) in [5.41, 5.74) is 1.29. The van der Waals surface area contributed by atoms with E-state index in [9.17, 15) is 14.7 Å². The summed E-state index contributed by atoms with van der Waals surface area (Å²) in [5.74, 6) is 0.584. The second-order valence-electron chi connectivity index (χ2n) is 6.01. The first kappa shape index (κ1) is 13.9. The van der Waals surface area contributed by atoms with Gasteiger partial charge in [-0.3, -0.25) is 9.59 Å². The van der Waals surface area contributed by atoms with Crippen LogP contribution in [0.25, 0.3) is 0 Å². The van der Waals surface area contributed by atoms with E-state index < -0.39 is 0 Å². The van der Waals surface area contributed by atoms with Crippen molar-refractivity contribution in [1.82, 2.24) is 10.2 Å². The van der Waals surface area contributed by atoms with Crippen LogP contribution in [-0.2, 0) is 4.79 Å². The first-order valence-electron chi connectivity index (χ1n) is 7.43. The van der Waals surface area contributed by atoms with Crippen LogP contribution in [0.15, 0.2) is 18.2 Å². The number of amides is 2. The Bertz CT molecular complexity index is 585. The van der Waals surface area contributed by atoms with E-state index in [0.29, 0.717) is 31.0 Å². The molecule has 2 heterocycles. The van der Waals surface area contributed by atoms with Gasteiger partial charge in [0, 0.05) is 31.1 Å². The third-order valence-corrected chi connectivity index (χ3v) is 4.57. The van der Waals surface area contributed by atoms with Crippen LogP contribution in [0, 0.1) is 12.8 Å². The number of piperidine rings is 2. The van der Waals surface area contributed by atoms with Crippen LogP contribution < -0.4 is 5.32 Å². The van der Waals surface area contributed by atoms with Crippen molar-refractivity contribution in [3.05, 3.63) is 29.3 Å². The molecular weight excluding hydrogens is 268 g/mol. The molecule has 2 N–H and O–H groups in total. The van der Waals surface area contributed by atoms with Crippen LogP contribution in [0.1, 0.15) is 35.2 Å². The van der Waals surface area contributed by atoms with E-state index in [-0.39, 0.29) is 23.6 Å². The topological polar surface area (TPSA) is 69.6 Å². The number of carbonyl (C=O) groups is 2. The molecule has 2 atom stereocenters. The van der Waals surface area contributed by atoms with Crippen molar-refractivity contribution in [2.45, 2.75) is 32.2 Å². The number of fused-ring (bicyclic) bond motifs is 1. The minimum absolute atomic E-state index is 0.0411. The first-order valence-corrected chi connectivity index (χ1v) is 7.43. The molecule has 1 aromatic carbocycles. The summed E-state index contributed by atoms with van der Waals surface area (Å²) in [5, 5.41) is 12.8. The maximum atomic E-state index is 12.5. The highest BCUT2D eigenvalue weighted by molar-refractivity contribution is 5.94. The van der Waals surface area contributed by atoms with Gasteiger partial charge in [-0.1, -0.05) is 6.07 Å². The van der Waals surface area contributed by atoms with Gasteiger partial charge < -0.3 is 15.3 Å². The number of phenolic OH excluding ortho intramolecular Hbond substituents is 1. The number of aromatic hydroxyl groups is 1. The fraction of sp³-hybridized carbons (Fsp3) is 0.500. The number of likely N-dealkylation sites (tertiary alicyclic amines) is 1. The average Bonchev–Trinajstić information content (AvgIpc) is 2.49. The second kappa shape index (κ2) is 5.39. The normalized spacial score (nSPS) is 25.2. The van der Waals surface area contributed by atoms with Crippen LogP contribution in [0.4, 0.5) is 0 Å². The minimum Gasteiger partial charge on any atom is -0.508 e. The van der Waals surface area contributed by atoms with E-state index >= 15 is 0 Å². The molecule has 0 aliphatic carbocycles. The van der Waals surface area contributed by atoms with Crippen LogP contribution in [-0.4, -0.2) is 41.0 Å². The van der Waals surface area contributed by atoms with Crippen molar-refractivity contribution < 1.29 is 14.7 Å². The van der Waals surface area contributed by atoms with Crippen molar-refractivity contribution in [1.29, 1.82) is 0 Å². The number of rotatable bonds is 1. The van der Waals surface area contributed by atoms with Crippen molar-refractivity contribution in [2.75, 3.05) is 13.1 Å². The third-order valence-electron chi connectivity index (χ3n) is 4.57. The summed E-state index contributed by atoms with van der Waals surface area (Å²) in [6.07, 6.45) is 2.20. The highest BCUT2D eigenvalue weighted by Crippen LogP contribution is 2.27. The molecule has 0 aromatic heterocycles. The predicted octanol–water partition coefficient (Wildman–Crippen LogP) is 1.44. The summed E-state index contributed by atoms with van der Waals surface area (Å²) in [7, 11) is 0. The van der Waals surface area contributed by atoms with Crippen molar-refractivity contribution in [3.63, 3.8) is 0 Å². The SMILES string of the molecule is Cc1ccc(C(=O)N2CCC3NC(=O)CCC3C2)cc1O. The average molecular weight is 288 g/mol. The maximum absolute atomic E-state index is 12.5. The number of carbonyl (C=O) groups excluding carboxylic acids is 2. The molecule has 3 rings (SSSR count). The van der Waals surface area contributed by atoms with E-state index in [1.54, 1.807) is 19.1 Å². The smallest absolute Gasteiger partial charge is 0.253 e. The van der Waals surface area contributed by atoms with E-state index in [1.807, 2.05) is 4.90 Å². The number of hydrogen-bond donors (Lipinski definition) is 2. The van der Waals surface area contributed by atoms with Gasteiger partial charge in [0.25, 0.3) is 5.91 Å². The molecule has 0 spiro atoms. The Labute approximate surface area is 123 Å². The summed E-state index contributed by atoms with van der Waals surface area (Å²) in [6, 6.07) is 5.26. The molecule has 2 saturated heterocycles. The molecule has 112 valence electrons. The van der Waals surface area contributed by atoms with Crippen molar-refractivity contribution >= 4 is 11.8 Å². The largest absolute Gasteiger partial charge is 0.508 e. The maximum Gasteiger partial charge on any atom is 0.253 e. The van der Waals surface area contributed by atoms with Gasteiger partial charge >= 0.3 is 0 Å². The number of phenols is 1. The molecule has 2 fully saturated rings.